The number of hydrogen-bond acceptors (Lipinski definition) is 3. The van der Waals surface area contributed by atoms with Gasteiger partial charge >= 0.3 is 0 Å². The van der Waals surface area contributed by atoms with E-state index in [1.807, 2.05) is 48.8 Å². The minimum Gasteiger partial charge on any atom is -0.322 e. The maximum Gasteiger partial charge on any atom is 0.255 e. The van der Waals surface area contributed by atoms with Gasteiger partial charge in [-0.2, -0.15) is 0 Å². The van der Waals surface area contributed by atoms with Crippen molar-refractivity contribution in [3.63, 3.8) is 0 Å². The number of nitrogens with one attached hydrogen (secondary N) is 1. The summed E-state index contributed by atoms with van der Waals surface area (Å²) in [7, 11) is 0. The first-order chi connectivity index (χ1) is 14.3. The minimum absolute atomic E-state index is 0.0728. The van der Waals surface area contributed by atoms with Crippen molar-refractivity contribution in [1.29, 1.82) is 0 Å². The summed E-state index contributed by atoms with van der Waals surface area (Å²) in [5, 5.41) is 2.99. The average Bonchev–Trinajstić information content (AvgIpc) is 2.77. The van der Waals surface area contributed by atoms with Gasteiger partial charge in [0.15, 0.2) is 0 Å². The quantitative estimate of drug-likeness (QED) is 0.656. The Kier molecular flexibility index (Phi) is 6.32. The van der Waals surface area contributed by atoms with Crippen molar-refractivity contribution < 1.29 is 4.79 Å². The predicted molar refractivity (Wildman–Crippen MR) is 117 cm³/mol. The van der Waals surface area contributed by atoms with E-state index < -0.39 is 0 Å². The molecule has 1 saturated heterocycles. The molecule has 0 bridgehead atoms. The fourth-order valence-corrected chi connectivity index (χ4v) is 3.78. The molecule has 1 N–H and O–H groups in total. The summed E-state index contributed by atoms with van der Waals surface area (Å²) in [4.78, 5) is 19.1. The molecule has 0 spiro atoms. The van der Waals surface area contributed by atoms with Crippen LogP contribution in [0.1, 0.15) is 46.3 Å². The fraction of sp³-hybridized carbons (Fsp3) is 0.280. The number of hydrogen-bond donors (Lipinski definition) is 1. The van der Waals surface area contributed by atoms with Gasteiger partial charge < -0.3 is 5.32 Å². The van der Waals surface area contributed by atoms with Gasteiger partial charge in [-0.1, -0.05) is 30.7 Å². The van der Waals surface area contributed by atoms with Crippen LogP contribution in [0.25, 0.3) is 0 Å². The Hall–Kier alpha value is -2.98. The smallest absolute Gasteiger partial charge is 0.255 e. The van der Waals surface area contributed by atoms with Gasteiger partial charge in [0, 0.05) is 30.2 Å². The molecule has 0 saturated carbocycles. The summed E-state index contributed by atoms with van der Waals surface area (Å²) in [6.45, 7) is 3.33. The standard InChI is InChI=1S/C25H27N3O/c29-25(23-8-4-22(5-9-23)19-28-16-2-1-3-17-28)27-24-10-6-20(7-11-24)18-21-12-14-26-15-13-21/h4-15H,1-3,16-19H2,(H,27,29). The number of amides is 1. The first-order valence-corrected chi connectivity index (χ1v) is 10.4. The molecule has 2 aromatic carbocycles. The topological polar surface area (TPSA) is 45.2 Å². The maximum absolute atomic E-state index is 12.6. The van der Waals surface area contributed by atoms with Crippen molar-refractivity contribution in [2.75, 3.05) is 18.4 Å². The van der Waals surface area contributed by atoms with Crippen LogP contribution in [-0.2, 0) is 13.0 Å². The molecule has 1 amide bonds. The van der Waals surface area contributed by atoms with E-state index in [9.17, 15) is 4.79 Å². The van der Waals surface area contributed by atoms with Crippen molar-refractivity contribution in [2.24, 2.45) is 0 Å². The van der Waals surface area contributed by atoms with Gasteiger partial charge in [-0.25, -0.2) is 0 Å². The molecular weight excluding hydrogens is 358 g/mol. The summed E-state index contributed by atoms with van der Waals surface area (Å²) >= 11 is 0. The summed E-state index contributed by atoms with van der Waals surface area (Å²) < 4.78 is 0. The number of benzene rings is 2. The molecule has 1 aliphatic rings. The molecule has 0 radical (unpaired) electrons. The summed E-state index contributed by atoms with van der Waals surface area (Å²) in [5.74, 6) is -0.0728. The average molecular weight is 386 g/mol. The molecule has 148 valence electrons. The number of piperidine rings is 1. The van der Waals surface area contributed by atoms with E-state index in [0.29, 0.717) is 5.56 Å². The zero-order chi connectivity index (χ0) is 19.9. The van der Waals surface area contributed by atoms with Gasteiger partial charge in [-0.15, -0.1) is 0 Å². The van der Waals surface area contributed by atoms with E-state index in [4.69, 9.17) is 0 Å². The van der Waals surface area contributed by atoms with Crippen LogP contribution in [0, 0.1) is 0 Å². The third-order valence-electron chi connectivity index (χ3n) is 5.44. The zero-order valence-electron chi connectivity index (χ0n) is 16.7. The molecule has 3 aromatic rings. The fourth-order valence-electron chi connectivity index (χ4n) is 3.78. The zero-order valence-corrected chi connectivity index (χ0v) is 16.7. The monoisotopic (exact) mass is 385 g/mol. The number of rotatable bonds is 6. The highest BCUT2D eigenvalue weighted by molar-refractivity contribution is 6.04. The van der Waals surface area contributed by atoms with Crippen LogP contribution in [-0.4, -0.2) is 28.9 Å². The summed E-state index contributed by atoms with van der Waals surface area (Å²) in [6.07, 6.45) is 8.41. The normalized spacial score (nSPS) is 14.5. The second kappa shape index (κ2) is 9.48. The second-order valence-corrected chi connectivity index (χ2v) is 7.72. The van der Waals surface area contributed by atoms with Gasteiger partial charge in [0.2, 0.25) is 0 Å². The summed E-state index contributed by atoms with van der Waals surface area (Å²) in [6, 6.07) is 20.0. The van der Waals surface area contributed by atoms with Gasteiger partial charge in [0.25, 0.3) is 5.91 Å². The van der Waals surface area contributed by atoms with Crippen LogP contribution in [0.5, 0.6) is 0 Å². The number of likely N-dealkylation sites (tertiary alicyclic amines) is 1. The molecule has 2 heterocycles. The third-order valence-corrected chi connectivity index (χ3v) is 5.44. The van der Waals surface area contributed by atoms with Crippen LogP contribution in [0.3, 0.4) is 0 Å². The molecule has 29 heavy (non-hydrogen) atoms. The van der Waals surface area contributed by atoms with E-state index in [0.717, 1.165) is 18.7 Å². The molecule has 1 aliphatic heterocycles. The molecule has 4 heteroatoms. The SMILES string of the molecule is O=C(Nc1ccc(Cc2ccncc2)cc1)c1ccc(CN2CCCCC2)cc1. The van der Waals surface area contributed by atoms with Crippen LogP contribution < -0.4 is 5.32 Å². The van der Waals surface area contributed by atoms with Crippen LogP contribution >= 0.6 is 0 Å². The van der Waals surface area contributed by atoms with Crippen LogP contribution in [0.15, 0.2) is 73.1 Å². The number of aromatic nitrogens is 1. The van der Waals surface area contributed by atoms with Crippen molar-refractivity contribution >= 4 is 11.6 Å². The van der Waals surface area contributed by atoms with Crippen molar-refractivity contribution in [1.82, 2.24) is 9.88 Å². The van der Waals surface area contributed by atoms with Crippen molar-refractivity contribution in [2.45, 2.75) is 32.2 Å². The first kappa shape index (κ1) is 19.3. The lowest BCUT2D eigenvalue weighted by atomic mass is 10.1. The van der Waals surface area contributed by atoms with Gasteiger partial charge in [0.1, 0.15) is 0 Å². The number of anilines is 1. The Balaban J connectivity index is 1.32. The lowest BCUT2D eigenvalue weighted by Crippen LogP contribution is -2.29. The lowest BCUT2D eigenvalue weighted by molar-refractivity contribution is 0.102. The van der Waals surface area contributed by atoms with Crippen LogP contribution in [0.4, 0.5) is 5.69 Å². The van der Waals surface area contributed by atoms with Gasteiger partial charge in [-0.05, 0) is 85.4 Å². The molecule has 4 nitrogen and oxygen atoms in total. The number of carbonyl (C=O) groups excluding carboxylic acids is 1. The van der Waals surface area contributed by atoms with E-state index in [1.165, 1.54) is 49.0 Å². The highest BCUT2D eigenvalue weighted by Gasteiger charge is 2.11. The highest BCUT2D eigenvalue weighted by Crippen LogP contribution is 2.16. The molecule has 4 rings (SSSR count). The van der Waals surface area contributed by atoms with E-state index in [2.05, 4.69) is 39.5 Å². The van der Waals surface area contributed by atoms with E-state index in [1.54, 1.807) is 0 Å². The Morgan fingerprint density at radius 2 is 1.41 bits per heavy atom. The van der Waals surface area contributed by atoms with Crippen molar-refractivity contribution in [3.8, 4) is 0 Å². The molecular formula is C25H27N3O. The van der Waals surface area contributed by atoms with Crippen LogP contribution in [0.2, 0.25) is 0 Å². The van der Waals surface area contributed by atoms with E-state index >= 15 is 0 Å². The highest BCUT2D eigenvalue weighted by atomic mass is 16.1. The van der Waals surface area contributed by atoms with Gasteiger partial charge in [0.05, 0.1) is 0 Å². The van der Waals surface area contributed by atoms with Gasteiger partial charge in [-0.3, -0.25) is 14.7 Å². The Morgan fingerprint density at radius 3 is 2.10 bits per heavy atom. The van der Waals surface area contributed by atoms with E-state index in [-0.39, 0.29) is 5.91 Å². The lowest BCUT2D eigenvalue weighted by Gasteiger charge is -2.26. The second-order valence-electron chi connectivity index (χ2n) is 7.72. The maximum atomic E-state index is 12.6. The molecule has 1 fully saturated rings. The molecule has 0 atom stereocenters. The Morgan fingerprint density at radius 1 is 0.793 bits per heavy atom. The molecule has 0 aliphatic carbocycles. The first-order valence-electron chi connectivity index (χ1n) is 10.4. The Labute approximate surface area is 172 Å². The Bertz CT molecular complexity index is 915. The molecule has 1 aromatic heterocycles. The number of pyridine rings is 1. The van der Waals surface area contributed by atoms with Crippen molar-refractivity contribution in [3.05, 3.63) is 95.3 Å². The third kappa shape index (κ3) is 5.52. The predicted octanol–water partition coefficient (Wildman–Crippen LogP) is 4.91. The minimum atomic E-state index is -0.0728. The summed E-state index contributed by atoms with van der Waals surface area (Å²) in [5.41, 5.74) is 5.20. The number of nitrogens with zero attached hydrogens (tertiary/aromatic N) is 2. The molecule has 0 unspecified atom stereocenters. The number of carbonyl (C=O) groups is 1. The largest absolute Gasteiger partial charge is 0.322 e.